The molecule has 0 N–H and O–H groups in total. The monoisotopic (exact) mass is 170 g/mol. The van der Waals surface area contributed by atoms with Gasteiger partial charge in [0.25, 0.3) is 0 Å². The third-order valence-corrected chi connectivity index (χ3v) is 1.76. The second-order valence-electron chi connectivity index (χ2n) is 1.96. The molecule has 0 saturated heterocycles. The molecule has 1 unspecified atom stereocenters. The molecule has 0 rings (SSSR count). The summed E-state index contributed by atoms with van der Waals surface area (Å²) in [7, 11) is 0. The molecule has 50 valence electrons. The summed E-state index contributed by atoms with van der Waals surface area (Å²) in [4.78, 5) is 0. The van der Waals surface area contributed by atoms with Gasteiger partial charge in [-0.2, -0.15) is 0 Å². The largest absolute Gasteiger partial charge is 0.339 e. The number of thiol groups is 1. The maximum Gasteiger partial charge on any atom is 0.114 e. The first-order chi connectivity index (χ1) is 3.42. The van der Waals surface area contributed by atoms with Crippen LogP contribution in [0, 0.1) is 0 Å². The Hall–Kier alpha value is 0.960. The Kier molecular flexibility index (Phi) is 3.60. The quantitative estimate of drug-likeness (QED) is 0.503. The lowest BCUT2D eigenvalue weighted by atomic mass is 10.5. The molecule has 0 amide bonds. The van der Waals surface area contributed by atoms with Gasteiger partial charge in [-0.25, -0.2) is 0 Å². The third-order valence-electron chi connectivity index (χ3n) is 0.406. The Bertz CT molecular complexity index is 107. The van der Waals surface area contributed by atoms with Gasteiger partial charge in [-0.1, -0.05) is 11.8 Å². The molecule has 0 saturated carbocycles. The Morgan fingerprint density at radius 2 is 2.00 bits per heavy atom. The summed E-state index contributed by atoms with van der Waals surface area (Å²) >= 11 is 9.01. The molecule has 0 heterocycles. The topological polar surface area (TPSA) is 9.23 Å². The van der Waals surface area contributed by atoms with Crippen molar-refractivity contribution in [3.8, 4) is 0 Å². The highest BCUT2D eigenvalue weighted by atomic mass is 32.9. The van der Waals surface area contributed by atoms with Gasteiger partial charge in [0.05, 0.1) is 6.10 Å². The molecule has 0 aliphatic carbocycles. The molecule has 0 aliphatic rings. The minimum Gasteiger partial charge on any atom is -0.339 e. The van der Waals surface area contributed by atoms with Crippen molar-refractivity contribution < 1.29 is 4.52 Å². The number of rotatable bonds is 2. The molecule has 0 spiro atoms. The first kappa shape index (κ1) is 8.96. The van der Waals surface area contributed by atoms with Crippen molar-refractivity contribution in [3.63, 3.8) is 0 Å². The summed E-state index contributed by atoms with van der Waals surface area (Å²) in [5.41, 5.74) is -1.69. The summed E-state index contributed by atoms with van der Waals surface area (Å²) in [6, 6.07) is 0. The average Bonchev–Trinajstić information content (AvgIpc) is 1.21. The lowest BCUT2D eigenvalue weighted by Gasteiger charge is -2.12. The average molecular weight is 170 g/mol. The summed E-state index contributed by atoms with van der Waals surface area (Å²) in [6.07, 6.45) is 0.211. The van der Waals surface area contributed by atoms with Crippen LogP contribution in [0.2, 0.25) is 0 Å². The normalized spacial score (nSPS) is 18.6. The van der Waals surface area contributed by atoms with Crippen LogP contribution in [-0.4, -0.2) is 12.8 Å². The van der Waals surface area contributed by atoms with Gasteiger partial charge >= 0.3 is 0 Å². The Morgan fingerprint density at radius 1 is 1.62 bits per heavy atom. The highest BCUT2D eigenvalue weighted by molar-refractivity contribution is 8.61. The molecule has 0 bridgehead atoms. The van der Waals surface area contributed by atoms with Gasteiger partial charge in [-0.15, -0.1) is 12.2 Å². The molecule has 0 fully saturated rings. The molecule has 8 heavy (non-hydrogen) atoms. The summed E-state index contributed by atoms with van der Waals surface area (Å²) in [5, 5.41) is 0. The Labute approximate surface area is 61.1 Å². The predicted octanol–water partition coefficient (Wildman–Crippen LogP) is 2.28. The van der Waals surface area contributed by atoms with E-state index < -0.39 is 5.47 Å². The molecule has 1 nitrogen and oxygen atoms in total. The molecular formula is C4H11OPS2. The van der Waals surface area contributed by atoms with Crippen molar-refractivity contribution in [1.29, 1.82) is 0 Å². The molecule has 4 heteroatoms. The first-order valence-electron chi connectivity index (χ1n) is 2.40. The van der Waals surface area contributed by atoms with E-state index >= 15 is 0 Å². The van der Waals surface area contributed by atoms with Gasteiger partial charge in [0.15, 0.2) is 0 Å². The van der Waals surface area contributed by atoms with Crippen molar-refractivity contribution in [1.82, 2.24) is 0 Å². The fourth-order valence-electron chi connectivity index (χ4n) is 0.391. The highest BCUT2D eigenvalue weighted by Gasteiger charge is 2.04. The van der Waals surface area contributed by atoms with Crippen LogP contribution in [0.4, 0.5) is 0 Å². The maximum atomic E-state index is 5.23. The second kappa shape index (κ2) is 3.21. The Morgan fingerprint density at radius 3 is 2.00 bits per heavy atom. The third kappa shape index (κ3) is 6.96. The number of hydrogen-bond acceptors (Lipinski definition) is 2. The van der Waals surface area contributed by atoms with Crippen LogP contribution >= 0.6 is 17.7 Å². The van der Waals surface area contributed by atoms with E-state index in [1.54, 1.807) is 0 Å². The van der Waals surface area contributed by atoms with E-state index in [-0.39, 0.29) is 6.10 Å². The molecule has 0 aromatic carbocycles. The van der Waals surface area contributed by atoms with Crippen molar-refractivity contribution in [2.45, 2.75) is 20.0 Å². The van der Waals surface area contributed by atoms with Crippen LogP contribution in [0.15, 0.2) is 0 Å². The van der Waals surface area contributed by atoms with Crippen molar-refractivity contribution in [2.24, 2.45) is 0 Å². The zero-order chi connectivity index (χ0) is 6.78. The van der Waals surface area contributed by atoms with Gasteiger partial charge in [-0.3, -0.25) is 0 Å². The van der Waals surface area contributed by atoms with Crippen LogP contribution in [-0.2, 0) is 16.3 Å². The van der Waals surface area contributed by atoms with E-state index in [0.29, 0.717) is 0 Å². The lowest BCUT2D eigenvalue weighted by Crippen LogP contribution is -1.95. The smallest absolute Gasteiger partial charge is 0.114 e. The molecule has 0 aliphatic heterocycles. The van der Waals surface area contributed by atoms with E-state index in [4.69, 9.17) is 16.3 Å². The molecular weight excluding hydrogens is 159 g/mol. The van der Waals surface area contributed by atoms with Crippen LogP contribution in [0.1, 0.15) is 13.8 Å². The van der Waals surface area contributed by atoms with Crippen molar-refractivity contribution >= 4 is 29.5 Å². The van der Waals surface area contributed by atoms with E-state index in [2.05, 4.69) is 12.2 Å². The van der Waals surface area contributed by atoms with E-state index in [1.807, 2.05) is 20.5 Å². The fourth-order valence-corrected chi connectivity index (χ4v) is 2.26. The molecule has 0 aromatic heterocycles. The Balaban J connectivity index is 3.56. The van der Waals surface area contributed by atoms with Crippen LogP contribution in [0.25, 0.3) is 0 Å². The zero-order valence-electron chi connectivity index (χ0n) is 5.29. The van der Waals surface area contributed by atoms with Crippen molar-refractivity contribution in [3.05, 3.63) is 0 Å². The summed E-state index contributed by atoms with van der Waals surface area (Å²) < 4.78 is 5.23. The predicted molar refractivity (Wildman–Crippen MR) is 45.4 cm³/mol. The number of hydrogen-bond donors (Lipinski definition) is 1. The van der Waals surface area contributed by atoms with Gasteiger partial charge in [0, 0.05) is 0 Å². The van der Waals surface area contributed by atoms with Gasteiger partial charge in [0.2, 0.25) is 0 Å². The SMILES string of the molecule is CC(C)OP(C)(=S)S. The van der Waals surface area contributed by atoms with Crippen LogP contribution in [0.3, 0.4) is 0 Å². The fraction of sp³-hybridized carbons (Fsp3) is 1.00. The van der Waals surface area contributed by atoms with E-state index in [0.717, 1.165) is 0 Å². The highest BCUT2D eigenvalue weighted by Crippen LogP contribution is 2.48. The minimum atomic E-state index is -1.69. The molecule has 1 atom stereocenters. The van der Waals surface area contributed by atoms with Gasteiger partial charge in [0.1, 0.15) is 5.47 Å². The molecule has 0 aromatic rings. The lowest BCUT2D eigenvalue weighted by molar-refractivity contribution is 0.278. The van der Waals surface area contributed by atoms with Crippen LogP contribution in [0.5, 0.6) is 0 Å². The van der Waals surface area contributed by atoms with Gasteiger partial charge in [-0.05, 0) is 20.5 Å². The van der Waals surface area contributed by atoms with E-state index in [9.17, 15) is 0 Å². The minimum absolute atomic E-state index is 0.211. The maximum absolute atomic E-state index is 5.23. The van der Waals surface area contributed by atoms with Gasteiger partial charge < -0.3 is 4.52 Å². The second-order valence-corrected chi connectivity index (χ2v) is 8.97. The first-order valence-corrected chi connectivity index (χ1v) is 6.72. The van der Waals surface area contributed by atoms with Crippen LogP contribution < -0.4 is 0 Å². The summed E-state index contributed by atoms with van der Waals surface area (Å²) in [5.74, 6) is 0. The summed E-state index contributed by atoms with van der Waals surface area (Å²) in [6.45, 7) is 5.77. The zero-order valence-corrected chi connectivity index (χ0v) is 7.89. The van der Waals surface area contributed by atoms with Crippen molar-refractivity contribution in [2.75, 3.05) is 6.66 Å². The molecule has 0 radical (unpaired) electrons. The standard InChI is InChI=1S/C4H11OPS2/c1-4(2)5-6(3,7)8/h4H,1-3H3,(H,7,8). The van der Waals surface area contributed by atoms with E-state index in [1.165, 1.54) is 0 Å².